The summed E-state index contributed by atoms with van der Waals surface area (Å²) in [5.41, 5.74) is 40.4. The van der Waals surface area contributed by atoms with Crippen molar-refractivity contribution in [3.05, 3.63) is 475 Å². The molecule has 20 aromatic carbocycles. The fourth-order valence-electron chi connectivity index (χ4n) is 34.7. The molecule has 16 aliphatic rings. The number of fused-ring (bicyclic) bond motifs is 17. The molecule has 0 heterocycles. The third-order valence-corrected chi connectivity index (χ3v) is 39.6. The van der Waals surface area contributed by atoms with E-state index in [1.54, 1.807) is 33.4 Å². The van der Waals surface area contributed by atoms with Crippen LogP contribution in [0.5, 0.6) is 0 Å². The van der Waals surface area contributed by atoms with E-state index in [2.05, 4.69) is 459 Å². The first-order chi connectivity index (χ1) is 72.0. The highest BCUT2D eigenvalue weighted by atomic mass is 15.2. The van der Waals surface area contributed by atoms with Crippen molar-refractivity contribution >= 4 is 105 Å². The quantitative estimate of drug-likeness (QED) is 0.128. The molecule has 36 rings (SSSR count). The molecule has 0 amide bonds. The van der Waals surface area contributed by atoms with E-state index in [0.29, 0.717) is 0 Å². The van der Waals surface area contributed by atoms with Crippen LogP contribution in [0.4, 0.5) is 51.2 Å². The van der Waals surface area contributed by atoms with Gasteiger partial charge in [0.05, 0.1) is 17.1 Å². The SMILES string of the molecule is C.C.CC1(C)c2ccccc2-c2cc(N(c3ccc4c(c3)-c3ccccc3C43C4CC5CC(C4)CC3C5)c3cccc4ccccc34)ccc21.c1cc(-c2ccc3ccccc3c2)cc(N(c2ccc3c(c2)-c2ccccc2C32C3CC4CC(C3)CC2C4)c2cccc3ccccc23)c1.c1cc(-c2cccc3ccccc23)cc(N(c2ccc3c(c2)-c2ccccc2C32C3CC4CC(C3)CC2C4)c2cccc3ccccc23)c1. The van der Waals surface area contributed by atoms with E-state index in [1.165, 1.54) is 279 Å². The van der Waals surface area contributed by atoms with Gasteiger partial charge in [-0.1, -0.05) is 362 Å². The molecule has 0 atom stereocenters. The zero-order chi connectivity index (χ0) is 96.0. The highest BCUT2D eigenvalue weighted by molar-refractivity contribution is 6.06. The van der Waals surface area contributed by atoms with Crippen molar-refractivity contribution in [3.63, 3.8) is 0 Å². The Morgan fingerprint density at radius 2 is 0.419 bits per heavy atom. The average molecular weight is 1910 g/mol. The number of nitrogens with zero attached hydrogens (tertiary/aromatic N) is 3. The maximum atomic E-state index is 2.57. The number of benzene rings is 20. The summed E-state index contributed by atoms with van der Waals surface area (Å²) in [5, 5.41) is 12.7. The van der Waals surface area contributed by atoms with Crippen molar-refractivity contribution in [1.82, 2.24) is 0 Å². The summed E-state index contributed by atoms with van der Waals surface area (Å²) in [6.07, 6.45) is 21.4. The number of rotatable bonds is 11. The number of anilines is 9. The fourth-order valence-corrected chi connectivity index (χ4v) is 34.7. The standard InChI is InChI=1S/2C48H39N.C47H41N.2CH4/c1-3-16-40-33(10-1)12-8-19-41(40)35-14-7-15-38(29-35)49(47-21-9-13-34-11-2-4-17-42(34)47)39-22-23-46-44(30-39)43-18-5-6-20-45(43)48(46)36-25-31-24-32(27-36)28-37(48)26-31;1-2-11-35-28-37(20-19-33(35)9-1)36-13-7-14-40(29-36)49(47-18-8-12-34-10-3-4-15-42(34)47)41-21-22-46-44(30-41)43-16-5-6-17-45(43)48(46)38-24-31-23-32(26-38)27-39(48)25-31;1-46(2)41-15-7-5-13-37(41)39-27-34(18-20-42(39)46)48(45-17-9-11-31-10-3-4-12-36(31)45)35-19-21-44-40(28-35)38-14-6-8-16-43(38)47(44)32-23-29-22-30(25-32)26-33(47)24-29;;/h1-23,29-32,36-37H,24-28H2;1-22,28-32,38-39H,23-27H2;3-21,27-30,32-33H,22-26H2,1-2H3;2*1H4. The Morgan fingerprint density at radius 1 is 0.169 bits per heavy atom. The lowest BCUT2D eigenvalue weighted by Gasteiger charge is -2.61. The topological polar surface area (TPSA) is 9.72 Å². The Balaban J connectivity index is 0.000000104. The summed E-state index contributed by atoms with van der Waals surface area (Å²) in [7, 11) is 0. The van der Waals surface area contributed by atoms with Crippen molar-refractivity contribution in [3.8, 4) is 66.8 Å². The molecule has 148 heavy (non-hydrogen) atoms. The van der Waals surface area contributed by atoms with Crippen LogP contribution >= 0.6 is 0 Å². The monoisotopic (exact) mass is 1910 g/mol. The summed E-state index contributed by atoms with van der Waals surface area (Å²) in [5.74, 6) is 10.3. The van der Waals surface area contributed by atoms with Crippen LogP contribution in [0, 0.1) is 71.0 Å². The van der Waals surface area contributed by atoms with Gasteiger partial charge in [0.25, 0.3) is 0 Å². The van der Waals surface area contributed by atoms with Crippen molar-refractivity contribution in [1.29, 1.82) is 0 Å². The molecule has 0 radical (unpaired) electrons. The molecule has 0 aliphatic heterocycles. The normalized spacial score (nSPS) is 24.7. The van der Waals surface area contributed by atoms with Crippen molar-refractivity contribution in [2.45, 2.75) is 147 Å². The lowest BCUT2D eigenvalue weighted by molar-refractivity contribution is -0.0399. The molecule has 12 bridgehead atoms. The van der Waals surface area contributed by atoms with Gasteiger partial charge in [-0.2, -0.15) is 0 Å². The maximum absolute atomic E-state index is 2.57. The predicted molar refractivity (Wildman–Crippen MR) is 623 cm³/mol. The molecule has 0 aromatic heterocycles. The molecular formula is C145H127N3. The van der Waals surface area contributed by atoms with Gasteiger partial charge in [-0.05, 0) is 413 Å². The minimum Gasteiger partial charge on any atom is -0.310 e. The zero-order valence-corrected chi connectivity index (χ0v) is 83.4. The molecule has 12 fully saturated rings. The largest absolute Gasteiger partial charge is 0.310 e. The molecule has 0 N–H and O–H groups in total. The van der Waals surface area contributed by atoms with Crippen LogP contribution in [0.15, 0.2) is 431 Å². The first kappa shape index (κ1) is 89.5. The summed E-state index contributed by atoms with van der Waals surface area (Å²) in [6.45, 7) is 4.75. The van der Waals surface area contributed by atoms with Gasteiger partial charge in [0.2, 0.25) is 0 Å². The van der Waals surface area contributed by atoms with Gasteiger partial charge >= 0.3 is 0 Å². The van der Waals surface area contributed by atoms with Gasteiger partial charge in [0.15, 0.2) is 0 Å². The highest BCUT2D eigenvalue weighted by Gasteiger charge is 2.65. The Kier molecular flexibility index (Phi) is 20.8. The Labute approximate surface area is 873 Å². The summed E-state index contributed by atoms with van der Waals surface area (Å²) >= 11 is 0. The van der Waals surface area contributed by atoms with E-state index in [9.17, 15) is 0 Å². The number of hydrogen-bond acceptors (Lipinski definition) is 3. The van der Waals surface area contributed by atoms with Crippen LogP contribution in [-0.4, -0.2) is 0 Å². The van der Waals surface area contributed by atoms with Gasteiger partial charge in [0.1, 0.15) is 0 Å². The van der Waals surface area contributed by atoms with E-state index >= 15 is 0 Å². The van der Waals surface area contributed by atoms with E-state index < -0.39 is 0 Å². The average Bonchev–Trinajstić information content (AvgIpc) is 1.51. The van der Waals surface area contributed by atoms with Gasteiger partial charge in [-0.3, -0.25) is 0 Å². The Bertz CT molecular complexity index is 8670. The number of hydrogen-bond donors (Lipinski definition) is 0. The van der Waals surface area contributed by atoms with Gasteiger partial charge in [-0.25, -0.2) is 0 Å². The molecular weight excluding hydrogens is 1780 g/mol. The first-order valence-electron chi connectivity index (χ1n) is 55.0. The van der Waals surface area contributed by atoms with Crippen molar-refractivity contribution < 1.29 is 0 Å². The van der Waals surface area contributed by atoms with E-state index in [0.717, 1.165) is 71.0 Å². The molecule has 722 valence electrons. The molecule has 16 aliphatic carbocycles. The molecule has 0 unspecified atom stereocenters. The molecule has 12 saturated carbocycles. The van der Waals surface area contributed by atoms with Gasteiger partial charge < -0.3 is 14.7 Å². The second-order valence-electron chi connectivity index (χ2n) is 46.9. The maximum Gasteiger partial charge on any atom is 0.0540 e. The molecule has 20 aromatic rings. The molecule has 3 heteroatoms. The highest BCUT2D eigenvalue weighted by Crippen LogP contribution is 2.74. The first-order valence-corrected chi connectivity index (χ1v) is 55.0. The lowest BCUT2D eigenvalue weighted by atomic mass is 9.43. The molecule has 3 spiro atoms. The third-order valence-electron chi connectivity index (χ3n) is 39.6. The van der Waals surface area contributed by atoms with Gasteiger partial charge in [0, 0.05) is 71.9 Å². The van der Waals surface area contributed by atoms with Crippen LogP contribution in [0.25, 0.3) is 121 Å². The van der Waals surface area contributed by atoms with Crippen LogP contribution in [0.2, 0.25) is 0 Å². The summed E-state index contributed by atoms with van der Waals surface area (Å²) in [4.78, 5) is 7.57. The smallest absolute Gasteiger partial charge is 0.0540 e. The fraction of sp³-hybridized carbons (Fsp3) is 0.241. The second kappa shape index (κ2) is 34.3. The van der Waals surface area contributed by atoms with Crippen molar-refractivity contribution in [2.24, 2.45) is 71.0 Å². The Hall–Kier alpha value is -14.9. The zero-order valence-electron chi connectivity index (χ0n) is 83.4. The Morgan fingerprint density at radius 3 is 0.811 bits per heavy atom. The van der Waals surface area contributed by atoms with E-state index in [1.807, 2.05) is 0 Å². The van der Waals surface area contributed by atoms with Crippen LogP contribution in [0.3, 0.4) is 0 Å². The predicted octanol–water partition coefficient (Wildman–Crippen LogP) is 39.3. The summed E-state index contributed by atoms with van der Waals surface area (Å²) in [6, 6.07) is 163. The van der Waals surface area contributed by atoms with Gasteiger partial charge in [-0.15, -0.1) is 0 Å². The third kappa shape index (κ3) is 13.3. The molecule has 0 saturated heterocycles. The molecule has 3 nitrogen and oxygen atoms in total. The summed E-state index contributed by atoms with van der Waals surface area (Å²) < 4.78 is 0. The van der Waals surface area contributed by atoms with Crippen molar-refractivity contribution in [2.75, 3.05) is 14.7 Å². The minimum atomic E-state index is -0.0149. The van der Waals surface area contributed by atoms with E-state index in [-0.39, 0.29) is 36.5 Å². The lowest BCUT2D eigenvalue weighted by Crippen LogP contribution is -2.55. The minimum absolute atomic E-state index is 0. The van der Waals surface area contributed by atoms with Crippen LogP contribution in [0.1, 0.15) is 170 Å². The van der Waals surface area contributed by atoms with E-state index in [4.69, 9.17) is 0 Å². The van der Waals surface area contributed by atoms with Crippen LogP contribution < -0.4 is 14.7 Å². The second-order valence-corrected chi connectivity index (χ2v) is 46.9. The van der Waals surface area contributed by atoms with Crippen LogP contribution in [-0.2, 0) is 21.7 Å².